The molecule has 0 saturated carbocycles. The monoisotopic (exact) mass is 304 g/mol. The Bertz CT molecular complexity index is 692. The number of aromatic nitrogens is 2. The number of rotatable bonds is 2. The molecule has 2 aromatic heterocycles. The van der Waals surface area contributed by atoms with Crippen molar-refractivity contribution >= 4 is 26.8 Å². The zero-order valence-electron chi connectivity index (χ0n) is 10.3. The van der Waals surface area contributed by atoms with Gasteiger partial charge in [0.25, 0.3) is 0 Å². The molecular weight excluding hydrogens is 292 g/mol. The Kier molecular flexibility index (Phi) is 2.74. The number of aryl methyl sites for hydroxylation is 2. The van der Waals surface area contributed by atoms with Crippen LogP contribution in [0.5, 0.6) is 0 Å². The molecule has 0 unspecified atom stereocenters. The summed E-state index contributed by atoms with van der Waals surface area (Å²) in [5.74, 6) is 0.893. The third kappa shape index (κ3) is 1.86. The molecule has 0 saturated heterocycles. The first kappa shape index (κ1) is 11.5. The fourth-order valence-electron chi connectivity index (χ4n) is 2.19. The van der Waals surface area contributed by atoms with Crippen LogP contribution in [0.4, 0.5) is 0 Å². The highest BCUT2D eigenvalue weighted by molar-refractivity contribution is 9.10. The summed E-state index contributed by atoms with van der Waals surface area (Å²) in [6, 6.07) is 8.43. The lowest BCUT2D eigenvalue weighted by atomic mass is 10.2. The van der Waals surface area contributed by atoms with Crippen molar-refractivity contribution in [3.05, 3.63) is 52.0 Å². The van der Waals surface area contributed by atoms with Gasteiger partial charge in [0, 0.05) is 21.7 Å². The summed E-state index contributed by atoms with van der Waals surface area (Å²) >= 11 is 3.51. The van der Waals surface area contributed by atoms with Crippen LogP contribution in [0.2, 0.25) is 0 Å². The highest BCUT2D eigenvalue weighted by Gasteiger charge is 2.10. The van der Waals surface area contributed by atoms with E-state index >= 15 is 0 Å². The van der Waals surface area contributed by atoms with E-state index < -0.39 is 0 Å². The Hall–Kier alpha value is -1.55. The molecule has 3 nitrogen and oxygen atoms in total. The van der Waals surface area contributed by atoms with Gasteiger partial charge in [-0.25, -0.2) is 0 Å². The second-order valence-electron chi connectivity index (χ2n) is 4.45. The molecule has 0 fully saturated rings. The molecule has 92 valence electrons. The summed E-state index contributed by atoms with van der Waals surface area (Å²) in [6.45, 7) is 4.73. The zero-order chi connectivity index (χ0) is 12.7. The smallest absolute Gasteiger partial charge is 0.138 e. The van der Waals surface area contributed by atoms with Crippen molar-refractivity contribution in [2.45, 2.75) is 20.4 Å². The van der Waals surface area contributed by atoms with Crippen LogP contribution >= 0.6 is 15.9 Å². The first-order chi connectivity index (χ1) is 8.65. The normalized spacial score (nSPS) is 11.3. The van der Waals surface area contributed by atoms with Crippen LogP contribution in [0.15, 0.2) is 39.5 Å². The molecule has 0 aliphatic carbocycles. The lowest BCUT2D eigenvalue weighted by molar-refractivity contribution is 0.392. The third-order valence-corrected chi connectivity index (χ3v) is 3.74. The highest BCUT2D eigenvalue weighted by atomic mass is 79.9. The van der Waals surface area contributed by atoms with Crippen LogP contribution in [-0.2, 0) is 6.54 Å². The molecule has 0 bridgehead atoms. The Morgan fingerprint density at radius 2 is 2.11 bits per heavy atom. The van der Waals surface area contributed by atoms with Crippen molar-refractivity contribution in [3.63, 3.8) is 0 Å². The maximum atomic E-state index is 5.21. The van der Waals surface area contributed by atoms with Crippen molar-refractivity contribution in [1.82, 2.24) is 9.72 Å². The fraction of sp³-hybridized carbons (Fsp3) is 0.214. The van der Waals surface area contributed by atoms with Gasteiger partial charge in [0.1, 0.15) is 5.76 Å². The van der Waals surface area contributed by atoms with E-state index in [2.05, 4.69) is 56.1 Å². The third-order valence-electron chi connectivity index (χ3n) is 3.25. The number of fused-ring (bicyclic) bond motifs is 1. The lowest BCUT2D eigenvalue weighted by Crippen LogP contribution is -1.99. The molecule has 4 heteroatoms. The van der Waals surface area contributed by atoms with Gasteiger partial charge in [-0.05, 0) is 37.4 Å². The first-order valence-electron chi connectivity index (χ1n) is 5.81. The molecule has 2 heterocycles. The zero-order valence-corrected chi connectivity index (χ0v) is 11.9. The van der Waals surface area contributed by atoms with E-state index in [0.717, 1.165) is 28.0 Å². The molecule has 1 aromatic carbocycles. The van der Waals surface area contributed by atoms with E-state index in [1.165, 1.54) is 10.9 Å². The van der Waals surface area contributed by atoms with Crippen LogP contribution in [0.3, 0.4) is 0 Å². The second-order valence-corrected chi connectivity index (χ2v) is 5.37. The van der Waals surface area contributed by atoms with Gasteiger partial charge < -0.3 is 9.09 Å². The summed E-state index contributed by atoms with van der Waals surface area (Å²) in [5.41, 5.74) is 3.33. The summed E-state index contributed by atoms with van der Waals surface area (Å²) in [6.07, 6.45) is 2.10. The number of hydrogen-bond acceptors (Lipinski definition) is 2. The number of benzene rings is 1. The number of nitrogens with zero attached hydrogens (tertiary/aromatic N) is 2. The quantitative estimate of drug-likeness (QED) is 0.715. The molecule has 0 spiro atoms. The topological polar surface area (TPSA) is 31.0 Å². The summed E-state index contributed by atoms with van der Waals surface area (Å²) in [5, 5.41) is 5.24. The van der Waals surface area contributed by atoms with E-state index in [9.17, 15) is 0 Å². The number of halogens is 1. The van der Waals surface area contributed by atoms with Crippen molar-refractivity contribution < 1.29 is 4.52 Å². The highest BCUT2D eigenvalue weighted by Crippen LogP contribution is 2.23. The SMILES string of the molecule is Cc1noc(C)c1Cn1ccc2ccc(Br)cc21. The van der Waals surface area contributed by atoms with Crippen LogP contribution in [0, 0.1) is 13.8 Å². The van der Waals surface area contributed by atoms with Gasteiger partial charge in [-0.1, -0.05) is 27.2 Å². The molecule has 0 atom stereocenters. The Morgan fingerprint density at radius 3 is 2.83 bits per heavy atom. The molecule has 3 rings (SSSR count). The van der Waals surface area contributed by atoms with E-state index in [1.807, 2.05) is 13.8 Å². The van der Waals surface area contributed by atoms with Crippen molar-refractivity contribution in [2.75, 3.05) is 0 Å². The lowest BCUT2D eigenvalue weighted by Gasteiger charge is -2.05. The van der Waals surface area contributed by atoms with Crippen molar-refractivity contribution in [1.29, 1.82) is 0 Å². The van der Waals surface area contributed by atoms with Crippen molar-refractivity contribution in [2.24, 2.45) is 0 Å². The molecule has 0 N–H and O–H groups in total. The Morgan fingerprint density at radius 1 is 1.28 bits per heavy atom. The van der Waals surface area contributed by atoms with Gasteiger partial charge in [0.05, 0.1) is 12.2 Å². The molecular formula is C14H13BrN2O. The second kappa shape index (κ2) is 4.28. The minimum Gasteiger partial charge on any atom is -0.361 e. The van der Waals surface area contributed by atoms with Crippen LogP contribution in [0.25, 0.3) is 10.9 Å². The standard InChI is InChI=1S/C14H13BrN2O/c1-9-13(10(2)18-16-9)8-17-6-5-11-3-4-12(15)7-14(11)17/h3-7H,8H2,1-2H3. The van der Waals surface area contributed by atoms with E-state index in [1.54, 1.807) is 0 Å². The first-order valence-corrected chi connectivity index (χ1v) is 6.60. The average Bonchev–Trinajstić information content (AvgIpc) is 2.88. The maximum absolute atomic E-state index is 5.21. The predicted octanol–water partition coefficient (Wildman–Crippen LogP) is 4.06. The predicted molar refractivity (Wildman–Crippen MR) is 74.7 cm³/mol. The maximum Gasteiger partial charge on any atom is 0.138 e. The molecule has 0 amide bonds. The van der Waals surface area contributed by atoms with E-state index in [-0.39, 0.29) is 0 Å². The summed E-state index contributed by atoms with van der Waals surface area (Å²) in [7, 11) is 0. The van der Waals surface area contributed by atoms with Gasteiger partial charge in [-0.2, -0.15) is 0 Å². The van der Waals surface area contributed by atoms with Crippen LogP contribution in [0.1, 0.15) is 17.0 Å². The fourth-order valence-corrected chi connectivity index (χ4v) is 2.54. The van der Waals surface area contributed by atoms with Gasteiger partial charge in [0.2, 0.25) is 0 Å². The molecule has 0 radical (unpaired) electrons. The molecule has 3 aromatic rings. The molecule has 0 aliphatic heterocycles. The van der Waals surface area contributed by atoms with E-state index in [4.69, 9.17) is 4.52 Å². The molecule has 18 heavy (non-hydrogen) atoms. The van der Waals surface area contributed by atoms with Gasteiger partial charge >= 0.3 is 0 Å². The van der Waals surface area contributed by atoms with Gasteiger partial charge in [-0.3, -0.25) is 0 Å². The largest absolute Gasteiger partial charge is 0.361 e. The average molecular weight is 305 g/mol. The van der Waals surface area contributed by atoms with Crippen LogP contribution < -0.4 is 0 Å². The minimum absolute atomic E-state index is 0.793. The Balaban J connectivity index is 2.08. The molecule has 0 aliphatic rings. The summed E-state index contributed by atoms with van der Waals surface area (Å²) < 4.78 is 8.51. The Labute approximate surface area is 114 Å². The van der Waals surface area contributed by atoms with Gasteiger partial charge in [-0.15, -0.1) is 0 Å². The van der Waals surface area contributed by atoms with Crippen LogP contribution in [-0.4, -0.2) is 9.72 Å². The summed E-state index contributed by atoms with van der Waals surface area (Å²) in [4.78, 5) is 0. The van der Waals surface area contributed by atoms with Crippen molar-refractivity contribution in [3.8, 4) is 0 Å². The number of hydrogen-bond donors (Lipinski definition) is 0. The minimum atomic E-state index is 0.793. The van der Waals surface area contributed by atoms with E-state index in [0.29, 0.717) is 0 Å². The van der Waals surface area contributed by atoms with Gasteiger partial charge in [0.15, 0.2) is 0 Å².